The lowest BCUT2D eigenvalue weighted by atomic mass is 9.72. The Kier molecular flexibility index (Phi) is 4.51. The molecule has 8 nitrogen and oxygen atoms in total. The van der Waals surface area contributed by atoms with Crippen LogP contribution in [0.2, 0.25) is 0 Å². The second-order valence-corrected chi connectivity index (χ2v) is 5.64. The van der Waals surface area contributed by atoms with E-state index in [9.17, 15) is 14.6 Å². The van der Waals surface area contributed by atoms with E-state index >= 15 is 0 Å². The van der Waals surface area contributed by atoms with Gasteiger partial charge in [0.25, 0.3) is 0 Å². The van der Waals surface area contributed by atoms with Crippen molar-refractivity contribution >= 4 is 19.0 Å². The lowest BCUT2D eigenvalue weighted by molar-refractivity contribution is -0.123. The Labute approximate surface area is 133 Å². The van der Waals surface area contributed by atoms with Gasteiger partial charge < -0.3 is 30.7 Å². The lowest BCUT2D eigenvalue weighted by Gasteiger charge is -2.31. The lowest BCUT2D eigenvalue weighted by Crippen LogP contribution is -2.61. The number of piperazine rings is 1. The summed E-state index contributed by atoms with van der Waals surface area (Å²) in [7, 11) is -1.29. The molecule has 0 aliphatic carbocycles. The van der Waals surface area contributed by atoms with Crippen LogP contribution in [0.4, 0.5) is 0 Å². The zero-order valence-electron chi connectivity index (χ0n) is 12.4. The average Bonchev–Trinajstić information content (AvgIpc) is 2.55. The Balaban J connectivity index is 1.72. The van der Waals surface area contributed by atoms with Gasteiger partial charge in [0.15, 0.2) is 0 Å². The zero-order chi connectivity index (χ0) is 16.4. The van der Waals surface area contributed by atoms with Gasteiger partial charge in [-0.2, -0.15) is 0 Å². The van der Waals surface area contributed by atoms with Gasteiger partial charge in [0.2, 0.25) is 5.91 Å². The molecule has 1 fully saturated rings. The van der Waals surface area contributed by atoms with Crippen molar-refractivity contribution in [3.8, 4) is 5.75 Å². The molecule has 0 spiro atoms. The van der Waals surface area contributed by atoms with Crippen LogP contribution < -0.4 is 20.6 Å². The summed E-state index contributed by atoms with van der Waals surface area (Å²) in [4.78, 5) is 23.4. The molecule has 0 bridgehead atoms. The molecule has 1 aromatic rings. The van der Waals surface area contributed by atoms with Crippen LogP contribution >= 0.6 is 0 Å². The molecule has 2 heterocycles. The number of rotatable bonds is 3. The summed E-state index contributed by atoms with van der Waals surface area (Å²) in [6, 6.07) is 4.41. The van der Waals surface area contributed by atoms with Crippen LogP contribution in [0, 0.1) is 0 Å². The van der Waals surface area contributed by atoms with Crippen LogP contribution in [-0.4, -0.2) is 60.7 Å². The summed E-state index contributed by atoms with van der Waals surface area (Å²) in [6.45, 7) is 2.03. The van der Waals surface area contributed by atoms with Crippen molar-refractivity contribution in [3.05, 3.63) is 29.3 Å². The summed E-state index contributed by atoms with van der Waals surface area (Å²) in [6.07, 6.45) is 0.309. The van der Waals surface area contributed by atoms with Crippen molar-refractivity contribution < 1.29 is 24.4 Å². The third-order valence-electron chi connectivity index (χ3n) is 4.03. The third-order valence-corrected chi connectivity index (χ3v) is 4.03. The molecule has 9 heteroatoms. The van der Waals surface area contributed by atoms with Gasteiger partial charge in [-0.1, -0.05) is 12.1 Å². The Hall–Kier alpha value is -2.10. The summed E-state index contributed by atoms with van der Waals surface area (Å²) in [5, 5.41) is 28.2. The predicted molar refractivity (Wildman–Crippen MR) is 82.3 cm³/mol. The standard InChI is InChI=1S/C14H18BN3O5/c19-13(10-7-16-4-5-17-10)18-11-6-8-2-1-3-9(14(20)21)12(8)23-15(11)22/h1-3,10-11,16-17,22H,4-7H2,(H,18,19)(H,20,21)/t10?,11-/m0/s1. The molecule has 122 valence electrons. The summed E-state index contributed by atoms with van der Waals surface area (Å²) in [5.74, 6) is -1.80. The molecule has 3 rings (SSSR count). The first-order valence-electron chi connectivity index (χ1n) is 7.50. The Morgan fingerprint density at radius 3 is 2.87 bits per heavy atom. The molecule has 2 atom stereocenters. The highest BCUT2D eigenvalue weighted by molar-refractivity contribution is 6.47. The number of carboxylic acids is 1. The molecule has 5 N–H and O–H groups in total. The third kappa shape index (κ3) is 3.31. The van der Waals surface area contributed by atoms with E-state index in [2.05, 4.69) is 16.0 Å². The Morgan fingerprint density at radius 2 is 2.17 bits per heavy atom. The van der Waals surface area contributed by atoms with Gasteiger partial charge in [-0.25, -0.2) is 4.79 Å². The van der Waals surface area contributed by atoms with E-state index < -0.39 is 19.0 Å². The van der Waals surface area contributed by atoms with Crippen molar-refractivity contribution in [2.45, 2.75) is 18.4 Å². The van der Waals surface area contributed by atoms with Gasteiger partial charge >= 0.3 is 13.1 Å². The number of carboxylic acid groups (broad SMARTS) is 1. The van der Waals surface area contributed by atoms with E-state index in [1.165, 1.54) is 6.07 Å². The molecule has 1 saturated heterocycles. The maximum Gasteiger partial charge on any atom is 0.547 e. The molecule has 2 aliphatic heterocycles. The number of hydrogen-bond acceptors (Lipinski definition) is 6. The molecule has 0 saturated carbocycles. The molecule has 1 unspecified atom stereocenters. The fourth-order valence-electron chi connectivity index (χ4n) is 2.84. The summed E-state index contributed by atoms with van der Waals surface area (Å²) < 4.78 is 5.35. The van der Waals surface area contributed by atoms with E-state index in [1.54, 1.807) is 12.1 Å². The minimum absolute atomic E-state index is 0.00414. The number of fused-ring (bicyclic) bond motifs is 1. The molecular weight excluding hydrogens is 301 g/mol. The maximum atomic E-state index is 12.2. The average molecular weight is 319 g/mol. The van der Waals surface area contributed by atoms with E-state index in [0.717, 1.165) is 6.54 Å². The molecular formula is C14H18BN3O5. The number of hydrogen-bond donors (Lipinski definition) is 5. The number of nitrogens with one attached hydrogen (secondary N) is 3. The van der Waals surface area contributed by atoms with Crippen LogP contribution in [-0.2, 0) is 11.2 Å². The number of carbonyl (C=O) groups is 2. The van der Waals surface area contributed by atoms with Gasteiger partial charge in [0.1, 0.15) is 5.75 Å². The van der Waals surface area contributed by atoms with Crippen molar-refractivity contribution in [1.29, 1.82) is 0 Å². The molecule has 23 heavy (non-hydrogen) atoms. The first kappa shape index (κ1) is 15.8. The topological polar surface area (TPSA) is 120 Å². The highest BCUT2D eigenvalue weighted by Crippen LogP contribution is 2.30. The van der Waals surface area contributed by atoms with Gasteiger partial charge in [0.05, 0.1) is 17.5 Å². The fraction of sp³-hybridized carbons (Fsp3) is 0.429. The van der Waals surface area contributed by atoms with Crippen LogP contribution in [0.5, 0.6) is 5.75 Å². The smallest absolute Gasteiger partial charge is 0.534 e. The number of carbonyl (C=O) groups excluding carboxylic acids is 1. The normalized spacial score (nSPS) is 23.6. The van der Waals surface area contributed by atoms with Crippen LogP contribution in [0.15, 0.2) is 18.2 Å². The highest BCUT2D eigenvalue weighted by Gasteiger charge is 2.38. The maximum absolute atomic E-state index is 12.2. The van der Waals surface area contributed by atoms with E-state index in [-0.39, 0.29) is 23.3 Å². The van der Waals surface area contributed by atoms with Crippen LogP contribution in [0.25, 0.3) is 0 Å². The first-order chi connectivity index (χ1) is 11.1. The van der Waals surface area contributed by atoms with Gasteiger partial charge in [-0.3, -0.25) is 4.79 Å². The zero-order valence-corrected chi connectivity index (χ0v) is 12.4. The van der Waals surface area contributed by atoms with Crippen molar-refractivity contribution in [1.82, 2.24) is 16.0 Å². The second kappa shape index (κ2) is 6.57. The molecule has 1 amide bonds. The van der Waals surface area contributed by atoms with Gasteiger partial charge in [-0.05, 0) is 18.1 Å². The first-order valence-corrected chi connectivity index (χ1v) is 7.50. The van der Waals surface area contributed by atoms with E-state index in [0.29, 0.717) is 25.1 Å². The Morgan fingerprint density at radius 1 is 1.35 bits per heavy atom. The minimum atomic E-state index is -1.29. The summed E-state index contributed by atoms with van der Waals surface area (Å²) >= 11 is 0. The SMILES string of the molecule is O=C(O)c1cccc2c1OB(O)[C@@H](NC(=O)C1CNCCN1)C2. The highest BCUT2D eigenvalue weighted by atomic mass is 16.5. The Bertz CT molecular complexity index is 620. The number of benzene rings is 1. The number of para-hydroxylation sites is 1. The quantitative estimate of drug-likeness (QED) is 0.425. The number of amides is 1. The van der Waals surface area contributed by atoms with Crippen molar-refractivity contribution in [3.63, 3.8) is 0 Å². The monoisotopic (exact) mass is 319 g/mol. The van der Waals surface area contributed by atoms with Gasteiger partial charge in [-0.15, -0.1) is 0 Å². The molecule has 1 aromatic carbocycles. The van der Waals surface area contributed by atoms with Crippen LogP contribution in [0.1, 0.15) is 15.9 Å². The van der Waals surface area contributed by atoms with Gasteiger partial charge in [0, 0.05) is 19.6 Å². The van der Waals surface area contributed by atoms with Crippen molar-refractivity contribution in [2.75, 3.05) is 19.6 Å². The number of aromatic carboxylic acids is 1. The van der Waals surface area contributed by atoms with Crippen LogP contribution in [0.3, 0.4) is 0 Å². The fourth-order valence-corrected chi connectivity index (χ4v) is 2.84. The predicted octanol–water partition coefficient (Wildman–Crippen LogP) is -1.61. The van der Waals surface area contributed by atoms with E-state index in [4.69, 9.17) is 9.76 Å². The second-order valence-electron chi connectivity index (χ2n) is 5.64. The van der Waals surface area contributed by atoms with Crippen molar-refractivity contribution in [2.24, 2.45) is 0 Å². The largest absolute Gasteiger partial charge is 0.547 e. The summed E-state index contributed by atoms with van der Waals surface area (Å²) in [5.41, 5.74) is 0.653. The molecule has 0 radical (unpaired) electrons. The van der Waals surface area contributed by atoms with E-state index in [1.807, 2.05) is 0 Å². The molecule has 0 aromatic heterocycles. The minimum Gasteiger partial charge on any atom is -0.534 e. The molecule has 2 aliphatic rings.